The Bertz CT molecular complexity index is 866. The molecule has 0 spiro atoms. The summed E-state index contributed by atoms with van der Waals surface area (Å²) < 4.78 is 15.8. The van der Waals surface area contributed by atoms with Crippen LogP contribution in [0.1, 0.15) is 5.69 Å². The van der Waals surface area contributed by atoms with E-state index in [9.17, 15) is 9.18 Å². The maximum absolute atomic E-state index is 13.6. The third-order valence-corrected chi connectivity index (χ3v) is 4.44. The molecule has 2 aromatic heterocycles. The van der Waals surface area contributed by atoms with Gasteiger partial charge in [-0.3, -0.25) is 9.20 Å². The molecule has 0 aliphatic rings. The lowest BCUT2D eigenvalue weighted by atomic mass is 10.3. The molecule has 3 aromatic rings. The molecular weight excluding hydrogens is 355 g/mol. The Kier molecular flexibility index (Phi) is 4.07. The smallest absolute Gasteiger partial charge is 0.258 e. The fourth-order valence-electron chi connectivity index (χ4n) is 1.91. The summed E-state index contributed by atoms with van der Waals surface area (Å²) in [6, 6.07) is 11.6. The number of halogens is 2. The molecule has 0 radical (unpaired) electrons. The van der Waals surface area contributed by atoms with Gasteiger partial charge in [0.2, 0.25) is 0 Å². The van der Waals surface area contributed by atoms with Crippen LogP contribution in [0.5, 0.6) is 0 Å². The highest BCUT2D eigenvalue weighted by atomic mass is 79.9. The Morgan fingerprint density at radius 2 is 2.05 bits per heavy atom. The second-order valence-electron chi connectivity index (χ2n) is 4.38. The number of hydrogen-bond donors (Lipinski definition) is 0. The van der Waals surface area contributed by atoms with Gasteiger partial charge in [0.05, 0.1) is 5.69 Å². The molecule has 0 bridgehead atoms. The zero-order valence-corrected chi connectivity index (χ0v) is 13.2. The monoisotopic (exact) mass is 364 g/mol. The van der Waals surface area contributed by atoms with Gasteiger partial charge in [0, 0.05) is 27.4 Å². The lowest BCUT2D eigenvalue weighted by Gasteiger charge is -2.05. The van der Waals surface area contributed by atoms with Crippen molar-refractivity contribution < 1.29 is 4.39 Å². The van der Waals surface area contributed by atoms with E-state index in [4.69, 9.17) is 0 Å². The molecule has 0 N–H and O–H groups in total. The van der Waals surface area contributed by atoms with Crippen LogP contribution in [0.2, 0.25) is 0 Å². The zero-order chi connectivity index (χ0) is 14.8. The lowest BCUT2D eigenvalue weighted by molar-refractivity contribution is 0.602. The number of hydrogen-bond acceptors (Lipinski definition) is 3. The second-order valence-corrected chi connectivity index (χ2v) is 6.31. The van der Waals surface area contributed by atoms with E-state index in [0.29, 0.717) is 22.0 Å². The van der Waals surface area contributed by atoms with Crippen molar-refractivity contribution in [2.45, 2.75) is 10.6 Å². The minimum Gasteiger partial charge on any atom is -0.269 e. The molecule has 0 saturated heterocycles. The van der Waals surface area contributed by atoms with Gasteiger partial charge in [-0.15, -0.1) is 11.8 Å². The average Bonchev–Trinajstić information content (AvgIpc) is 2.47. The number of benzene rings is 1. The van der Waals surface area contributed by atoms with E-state index in [1.807, 2.05) is 6.07 Å². The van der Waals surface area contributed by atoms with Gasteiger partial charge in [-0.05, 0) is 40.2 Å². The Balaban J connectivity index is 1.90. The van der Waals surface area contributed by atoms with E-state index < -0.39 is 0 Å². The fraction of sp³-hybridized carbons (Fsp3) is 0.0667. The normalized spacial score (nSPS) is 11.0. The van der Waals surface area contributed by atoms with Crippen molar-refractivity contribution in [2.75, 3.05) is 0 Å². The molecule has 3 nitrogen and oxygen atoms in total. The molecule has 0 saturated carbocycles. The van der Waals surface area contributed by atoms with Crippen LogP contribution >= 0.6 is 27.7 Å². The molecule has 0 amide bonds. The van der Waals surface area contributed by atoms with Crippen LogP contribution in [0.25, 0.3) is 5.65 Å². The number of nitrogens with zero attached hydrogens (tertiary/aromatic N) is 2. The van der Waals surface area contributed by atoms with Gasteiger partial charge < -0.3 is 0 Å². The molecule has 1 aromatic carbocycles. The zero-order valence-electron chi connectivity index (χ0n) is 10.8. The molecule has 6 heteroatoms. The summed E-state index contributed by atoms with van der Waals surface area (Å²) in [6.07, 6.45) is 1.68. The highest BCUT2D eigenvalue weighted by Crippen LogP contribution is 2.24. The van der Waals surface area contributed by atoms with E-state index in [0.717, 1.165) is 4.47 Å². The van der Waals surface area contributed by atoms with Crippen LogP contribution in [-0.2, 0) is 5.75 Å². The van der Waals surface area contributed by atoms with E-state index in [1.54, 1.807) is 30.5 Å². The van der Waals surface area contributed by atoms with Gasteiger partial charge in [0.25, 0.3) is 5.56 Å². The summed E-state index contributed by atoms with van der Waals surface area (Å²) in [5, 5.41) is 0. The minimum absolute atomic E-state index is 0.148. The molecule has 0 aliphatic heterocycles. The van der Waals surface area contributed by atoms with E-state index in [2.05, 4.69) is 20.9 Å². The standard InChI is InChI=1S/C15H10BrFN2OS/c16-10-5-6-14-18-11(7-15(20)19(14)8-10)9-21-13-4-2-1-3-12(13)17/h1-8H,9H2. The largest absolute Gasteiger partial charge is 0.269 e. The molecular formula is C15H10BrFN2OS. The third kappa shape index (κ3) is 3.16. The number of rotatable bonds is 3. The average molecular weight is 365 g/mol. The van der Waals surface area contributed by atoms with Crippen LogP contribution in [0.15, 0.2) is 62.8 Å². The maximum atomic E-state index is 13.6. The van der Waals surface area contributed by atoms with Crippen LogP contribution in [-0.4, -0.2) is 9.38 Å². The fourth-order valence-corrected chi connectivity index (χ4v) is 3.08. The summed E-state index contributed by atoms with van der Waals surface area (Å²) in [5.41, 5.74) is 1.07. The van der Waals surface area contributed by atoms with E-state index in [1.165, 1.54) is 28.3 Å². The van der Waals surface area contributed by atoms with Crippen molar-refractivity contribution in [1.82, 2.24) is 9.38 Å². The quantitative estimate of drug-likeness (QED) is 0.661. The van der Waals surface area contributed by atoms with Crippen LogP contribution in [0.4, 0.5) is 4.39 Å². The lowest BCUT2D eigenvalue weighted by Crippen LogP contribution is -2.15. The molecule has 0 aliphatic carbocycles. The Morgan fingerprint density at radius 1 is 1.24 bits per heavy atom. The number of aromatic nitrogens is 2. The first-order valence-electron chi connectivity index (χ1n) is 6.19. The van der Waals surface area contributed by atoms with Crippen molar-refractivity contribution >= 4 is 33.3 Å². The third-order valence-electron chi connectivity index (χ3n) is 2.89. The Labute approximate surface area is 133 Å². The van der Waals surface area contributed by atoms with Gasteiger partial charge in [0.1, 0.15) is 11.5 Å². The van der Waals surface area contributed by atoms with Gasteiger partial charge in [-0.2, -0.15) is 0 Å². The van der Waals surface area contributed by atoms with Crippen LogP contribution in [0.3, 0.4) is 0 Å². The second kappa shape index (κ2) is 5.99. The van der Waals surface area contributed by atoms with E-state index >= 15 is 0 Å². The Morgan fingerprint density at radius 3 is 2.86 bits per heavy atom. The van der Waals surface area contributed by atoms with Crippen molar-refractivity contribution in [1.29, 1.82) is 0 Å². The molecule has 3 rings (SSSR count). The number of fused-ring (bicyclic) bond motifs is 1. The first kappa shape index (κ1) is 14.3. The predicted molar refractivity (Wildman–Crippen MR) is 85.1 cm³/mol. The Hall–Kier alpha value is -1.66. The topological polar surface area (TPSA) is 34.4 Å². The molecule has 21 heavy (non-hydrogen) atoms. The SMILES string of the molecule is O=c1cc(CSc2ccccc2F)nc2ccc(Br)cn12. The van der Waals surface area contributed by atoms with Gasteiger partial charge >= 0.3 is 0 Å². The first-order valence-corrected chi connectivity index (χ1v) is 7.96. The maximum Gasteiger partial charge on any atom is 0.258 e. The summed E-state index contributed by atoms with van der Waals surface area (Å²) in [4.78, 5) is 17.0. The summed E-state index contributed by atoms with van der Waals surface area (Å²) in [5.74, 6) is 0.187. The number of thioether (sulfide) groups is 1. The van der Waals surface area contributed by atoms with Crippen LogP contribution in [0, 0.1) is 5.82 Å². The minimum atomic E-state index is -0.260. The van der Waals surface area contributed by atoms with Crippen molar-refractivity contribution in [3.8, 4) is 0 Å². The van der Waals surface area contributed by atoms with Gasteiger partial charge in [-0.25, -0.2) is 9.37 Å². The van der Waals surface area contributed by atoms with Crippen molar-refractivity contribution in [2.24, 2.45) is 0 Å². The highest BCUT2D eigenvalue weighted by molar-refractivity contribution is 9.10. The number of pyridine rings is 1. The molecule has 106 valence electrons. The molecule has 0 atom stereocenters. The summed E-state index contributed by atoms with van der Waals surface area (Å²) >= 11 is 4.65. The first-order chi connectivity index (χ1) is 10.1. The molecule has 0 fully saturated rings. The van der Waals surface area contributed by atoms with Gasteiger partial charge in [-0.1, -0.05) is 12.1 Å². The summed E-state index contributed by atoms with van der Waals surface area (Å²) in [7, 11) is 0. The van der Waals surface area contributed by atoms with E-state index in [-0.39, 0.29) is 11.4 Å². The molecule has 2 heterocycles. The predicted octanol–water partition coefficient (Wildman–Crippen LogP) is 3.89. The van der Waals surface area contributed by atoms with Gasteiger partial charge in [0.15, 0.2) is 0 Å². The molecule has 0 unspecified atom stereocenters. The summed E-state index contributed by atoms with van der Waals surface area (Å²) in [6.45, 7) is 0. The van der Waals surface area contributed by atoms with Crippen LogP contribution < -0.4 is 5.56 Å². The van der Waals surface area contributed by atoms with Crippen molar-refractivity contribution in [3.63, 3.8) is 0 Å². The highest BCUT2D eigenvalue weighted by Gasteiger charge is 2.06. The van der Waals surface area contributed by atoms with Crippen molar-refractivity contribution in [3.05, 3.63) is 75.0 Å².